The molecule has 1 aromatic rings. The lowest BCUT2D eigenvalue weighted by atomic mass is 10.00. The van der Waals surface area contributed by atoms with Crippen LogP contribution in [0.1, 0.15) is 11.6 Å². The number of alkyl halides is 2. The first-order chi connectivity index (χ1) is 7.44. The molecule has 0 aliphatic carbocycles. The second kappa shape index (κ2) is 4.71. The van der Waals surface area contributed by atoms with Gasteiger partial charge in [-0.05, 0) is 12.1 Å². The third kappa shape index (κ3) is 2.28. The van der Waals surface area contributed by atoms with E-state index in [2.05, 4.69) is 0 Å². The molecule has 0 saturated heterocycles. The number of aliphatic hydroxyl groups excluding tert-OH is 1. The van der Waals surface area contributed by atoms with E-state index in [4.69, 9.17) is 15.6 Å². The molecule has 0 unspecified atom stereocenters. The van der Waals surface area contributed by atoms with Gasteiger partial charge in [-0.2, -0.15) is 0 Å². The third-order valence-corrected chi connectivity index (χ3v) is 2.21. The highest BCUT2D eigenvalue weighted by Gasteiger charge is 2.40. The van der Waals surface area contributed by atoms with Crippen molar-refractivity contribution in [2.45, 2.75) is 12.0 Å². The Hall–Kier alpha value is -1.27. The number of nitrogens with two attached hydrogens (primary N) is 1. The summed E-state index contributed by atoms with van der Waals surface area (Å²) in [7, 11) is 1.22. The van der Waals surface area contributed by atoms with Gasteiger partial charge < -0.3 is 15.6 Å². The number of hydrogen-bond acceptors (Lipinski definition) is 3. The SMILES string of the molecule is COc1cccc(F)c1[C@H](N)C(F)(F)CO. The number of halogens is 3. The predicted octanol–water partition coefficient (Wildman–Crippen LogP) is 1.46. The van der Waals surface area contributed by atoms with Crippen LogP contribution in [0.3, 0.4) is 0 Å². The van der Waals surface area contributed by atoms with Crippen LogP contribution < -0.4 is 10.5 Å². The van der Waals surface area contributed by atoms with Crippen LogP contribution in [0.2, 0.25) is 0 Å². The van der Waals surface area contributed by atoms with E-state index in [9.17, 15) is 13.2 Å². The Bertz CT molecular complexity index is 371. The lowest BCUT2D eigenvalue weighted by Gasteiger charge is -2.23. The molecule has 1 rings (SSSR count). The van der Waals surface area contributed by atoms with Crippen molar-refractivity contribution in [3.05, 3.63) is 29.6 Å². The Balaban J connectivity index is 3.21. The van der Waals surface area contributed by atoms with E-state index in [1.54, 1.807) is 0 Å². The number of benzene rings is 1. The summed E-state index contributed by atoms with van der Waals surface area (Å²) in [6, 6.07) is 1.70. The second-order valence-corrected chi connectivity index (χ2v) is 3.25. The van der Waals surface area contributed by atoms with E-state index >= 15 is 0 Å². The van der Waals surface area contributed by atoms with E-state index < -0.39 is 30.0 Å². The van der Waals surface area contributed by atoms with Crippen LogP contribution in [0.15, 0.2) is 18.2 Å². The molecule has 1 aromatic carbocycles. The highest BCUT2D eigenvalue weighted by atomic mass is 19.3. The zero-order valence-corrected chi connectivity index (χ0v) is 8.58. The van der Waals surface area contributed by atoms with Crippen molar-refractivity contribution >= 4 is 0 Å². The van der Waals surface area contributed by atoms with Crippen molar-refractivity contribution in [3.63, 3.8) is 0 Å². The molecule has 90 valence electrons. The Labute approximate surface area is 90.6 Å². The molecule has 0 heterocycles. The van der Waals surface area contributed by atoms with Crippen molar-refractivity contribution < 1.29 is 23.0 Å². The van der Waals surface area contributed by atoms with Gasteiger partial charge in [0.25, 0.3) is 5.92 Å². The van der Waals surface area contributed by atoms with E-state index in [0.717, 1.165) is 6.07 Å². The van der Waals surface area contributed by atoms with E-state index in [1.807, 2.05) is 0 Å². The van der Waals surface area contributed by atoms with Gasteiger partial charge in [-0.1, -0.05) is 6.07 Å². The third-order valence-electron chi connectivity index (χ3n) is 2.21. The van der Waals surface area contributed by atoms with Crippen LogP contribution in [0, 0.1) is 5.82 Å². The molecule has 0 aliphatic rings. The maximum absolute atomic E-state index is 13.4. The van der Waals surface area contributed by atoms with Crippen LogP contribution >= 0.6 is 0 Å². The van der Waals surface area contributed by atoms with Crippen molar-refractivity contribution in [2.75, 3.05) is 13.7 Å². The summed E-state index contributed by atoms with van der Waals surface area (Å²) in [4.78, 5) is 0. The van der Waals surface area contributed by atoms with Crippen LogP contribution in [0.4, 0.5) is 13.2 Å². The van der Waals surface area contributed by atoms with Gasteiger partial charge in [0.15, 0.2) is 0 Å². The molecule has 1 atom stereocenters. The summed E-state index contributed by atoms with van der Waals surface area (Å²) in [5.41, 5.74) is 4.79. The van der Waals surface area contributed by atoms with Gasteiger partial charge in [0.05, 0.1) is 12.7 Å². The van der Waals surface area contributed by atoms with Gasteiger partial charge in [-0.3, -0.25) is 0 Å². The molecular formula is C10H12F3NO2. The summed E-state index contributed by atoms with van der Waals surface area (Å²) in [6.45, 7) is -1.45. The Morgan fingerprint density at radius 3 is 2.62 bits per heavy atom. The van der Waals surface area contributed by atoms with Gasteiger partial charge in [-0.25, -0.2) is 13.2 Å². The summed E-state index contributed by atoms with van der Waals surface area (Å²) < 4.78 is 44.4. The molecule has 0 bridgehead atoms. The zero-order chi connectivity index (χ0) is 12.3. The van der Waals surface area contributed by atoms with Crippen molar-refractivity contribution in [1.82, 2.24) is 0 Å². The molecule has 0 fully saturated rings. The number of ether oxygens (including phenoxy) is 1. The molecule has 3 N–H and O–H groups in total. The first-order valence-electron chi connectivity index (χ1n) is 4.50. The van der Waals surface area contributed by atoms with Crippen LogP contribution in [-0.2, 0) is 0 Å². The molecule has 0 radical (unpaired) electrons. The molecular weight excluding hydrogens is 223 g/mol. The maximum Gasteiger partial charge on any atom is 0.289 e. The van der Waals surface area contributed by atoms with Gasteiger partial charge in [0.2, 0.25) is 0 Å². The smallest absolute Gasteiger partial charge is 0.289 e. The topological polar surface area (TPSA) is 55.5 Å². The highest BCUT2D eigenvalue weighted by Crippen LogP contribution is 2.35. The van der Waals surface area contributed by atoms with Gasteiger partial charge in [0, 0.05) is 0 Å². The predicted molar refractivity (Wildman–Crippen MR) is 51.9 cm³/mol. The molecule has 0 aromatic heterocycles. The minimum absolute atomic E-state index is 0.0689. The van der Waals surface area contributed by atoms with E-state index in [0.29, 0.717) is 0 Å². The zero-order valence-electron chi connectivity index (χ0n) is 8.58. The standard InChI is InChI=1S/C10H12F3NO2/c1-16-7-4-2-3-6(11)8(7)9(14)10(12,13)5-15/h2-4,9,15H,5,14H2,1H3/t9-/m0/s1. The largest absolute Gasteiger partial charge is 0.496 e. The van der Waals surface area contributed by atoms with E-state index in [-0.39, 0.29) is 5.75 Å². The second-order valence-electron chi connectivity index (χ2n) is 3.25. The quantitative estimate of drug-likeness (QED) is 0.830. The fourth-order valence-corrected chi connectivity index (χ4v) is 1.31. The van der Waals surface area contributed by atoms with Crippen LogP contribution in [0.25, 0.3) is 0 Å². The molecule has 0 aliphatic heterocycles. The normalized spacial score (nSPS) is 13.6. The first-order valence-corrected chi connectivity index (χ1v) is 4.50. The molecule has 16 heavy (non-hydrogen) atoms. The summed E-state index contributed by atoms with van der Waals surface area (Å²) >= 11 is 0. The lowest BCUT2D eigenvalue weighted by molar-refractivity contribution is -0.0723. The average molecular weight is 235 g/mol. The minimum atomic E-state index is -3.60. The first kappa shape index (κ1) is 12.8. The molecule has 6 heteroatoms. The molecule has 0 saturated carbocycles. The summed E-state index contributed by atoms with van der Waals surface area (Å²) in [6.07, 6.45) is 0. The highest BCUT2D eigenvalue weighted by molar-refractivity contribution is 5.38. The fraction of sp³-hybridized carbons (Fsp3) is 0.400. The van der Waals surface area contributed by atoms with Gasteiger partial charge in [-0.15, -0.1) is 0 Å². The van der Waals surface area contributed by atoms with Crippen LogP contribution in [-0.4, -0.2) is 24.7 Å². The maximum atomic E-state index is 13.4. The van der Waals surface area contributed by atoms with E-state index in [1.165, 1.54) is 19.2 Å². The van der Waals surface area contributed by atoms with Crippen molar-refractivity contribution in [2.24, 2.45) is 5.73 Å². The Kier molecular flexibility index (Phi) is 3.77. The summed E-state index contributed by atoms with van der Waals surface area (Å²) in [5, 5.41) is 8.49. The number of hydrogen-bond donors (Lipinski definition) is 2. The van der Waals surface area contributed by atoms with Crippen LogP contribution in [0.5, 0.6) is 5.75 Å². The van der Waals surface area contributed by atoms with Crippen molar-refractivity contribution in [3.8, 4) is 5.75 Å². The Morgan fingerprint density at radius 2 is 2.12 bits per heavy atom. The van der Waals surface area contributed by atoms with Gasteiger partial charge >= 0.3 is 0 Å². The molecule has 0 amide bonds. The lowest BCUT2D eigenvalue weighted by Crippen LogP contribution is -2.37. The Morgan fingerprint density at radius 1 is 1.50 bits per heavy atom. The molecule has 3 nitrogen and oxygen atoms in total. The van der Waals surface area contributed by atoms with Gasteiger partial charge in [0.1, 0.15) is 24.2 Å². The molecule has 0 spiro atoms. The van der Waals surface area contributed by atoms with Crippen molar-refractivity contribution in [1.29, 1.82) is 0 Å². The number of aliphatic hydroxyl groups is 1. The monoisotopic (exact) mass is 235 g/mol. The summed E-state index contributed by atoms with van der Waals surface area (Å²) in [5.74, 6) is -4.56. The minimum Gasteiger partial charge on any atom is -0.496 e. The number of methoxy groups -OCH3 is 1. The fourth-order valence-electron chi connectivity index (χ4n) is 1.31. The number of rotatable bonds is 4. The average Bonchev–Trinajstić information content (AvgIpc) is 2.27.